The van der Waals surface area contributed by atoms with Gasteiger partial charge in [0.1, 0.15) is 12.7 Å². The highest BCUT2D eigenvalue weighted by Crippen LogP contribution is 2.13. The Morgan fingerprint density at radius 2 is 0.848 bits per heavy atom. The number of ether oxygens (including phenoxy) is 2. The summed E-state index contributed by atoms with van der Waals surface area (Å²) < 4.78 is 10.6. The van der Waals surface area contributed by atoms with Gasteiger partial charge in [0.15, 0.2) is 0 Å². The van der Waals surface area contributed by atoms with Crippen LogP contribution in [0.3, 0.4) is 0 Å². The minimum Gasteiger partial charge on any atom is -0.462 e. The van der Waals surface area contributed by atoms with Crippen molar-refractivity contribution in [2.75, 3.05) is 6.61 Å². The predicted octanol–water partition coefficient (Wildman–Crippen LogP) is 9.08. The van der Waals surface area contributed by atoms with Crippen molar-refractivity contribution in [2.24, 2.45) is 0 Å². The zero-order valence-electron chi connectivity index (χ0n) is 22.5. The number of hydrogen-bond donors (Lipinski definition) is 0. The van der Waals surface area contributed by atoms with Crippen molar-refractivity contribution >= 4 is 11.9 Å². The summed E-state index contributed by atoms with van der Waals surface area (Å²) in [5, 5.41) is 0. The number of hydrogen-bond acceptors (Lipinski definition) is 4. The van der Waals surface area contributed by atoms with E-state index in [-0.39, 0.29) is 24.6 Å². The van der Waals surface area contributed by atoms with Crippen LogP contribution in [0.5, 0.6) is 0 Å². The third-order valence-corrected chi connectivity index (χ3v) is 6.28. The average molecular weight is 469 g/mol. The van der Waals surface area contributed by atoms with Crippen LogP contribution in [0.2, 0.25) is 0 Å². The molecule has 0 rings (SSSR count). The Hall–Kier alpha value is -1.06. The second kappa shape index (κ2) is 25.6. The molecule has 0 saturated carbocycles. The van der Waals surface area contributed by atoms with Crippen LogP contribution >= 0.6 is 0 Å². The quantitative estimate of drug-likeness (QED) is 0.0990. The molecule has 0 saturated heterocycles. The van der Waals surface area contributed by atoms with Gasteiger partial charge in [-0.25, -0.2) is 0 Å². The van der Waals surface area contributed by atoms with Crippen LogP contribution in [0.1, 0.15) is 162 Å². The normalized spacial score (nSPS) is 12.0. The summed E-state index contributed by atoms with van der Waals surface area (Å²) in [5.74, 6) is -0.347. The molecule has 33 heavy (non-hydrogen) atoms. The van der Waals surface area contributed by atoms with E-state index < -0.39 is 0 Å². The van der Waals surface area contributed by atoms with E-state index in [4.69, 9.17) is 9.47 Å². The second-order valence-corrected chi connectivity index (χ2v) is 9.85. The average Bonchev–Trinajstić information content (AvgIpc) is 2.80. The highest BCUT2D eigenvalue weighted by molar-refractivity contribution is 5.70. The predicted molar refractivity (Wildman–Crippen MR) is 139 cm³/mol. The molecule has 0 heterocycles. The van der Waals surface area contributed by atoms with Crippen molar-refractivity contribution in [1.82, 2.24) is 0 Å². The Morgan fingerprint density at radius 1 is 0.515 bits per heavy atom. The molecule has 0 spiro atoms. The van der Waals surface area contributed by atoms with Gasteiger partial charge >= 0.3 is 11.9 Å². The molecule has 4 heteroatoms. The lowest BCUT2D eigenvalue weighted by molar-refractivity contribution is -0.158. The molecule has 0 aromatic heterocycles. The molecule has 0 bridgehead atoms. The molecule has 0 aromatic rings. The number of carbonyl (C=O) groups is 2. The standard InChI is InChI=1S/C29H56O4/c1-4-6-8-10-12-14-16-18-20-22-24-28(30)32-26-27(3)33-29(31)25-23-21-19-17-15-13-11-9-7-5-2/h27H,4-26H2,1-3H3. The van der Waals surface area contributed by atoms with Gasteiger partial charge in [-0.1, -0.05) is 129 Å². The zero-order valence-corrected chi connectivity index (χ0v) is 22.5. The molecule has 0 amide bonds. The van der Waals surface area contributed by atoms with Crippen molar-refractivity contribution in [3.63, 3.8) is 0 Å². The van der Waals surface area contributed by atoms with Crippen LogP contribution in [0.15, 0.2) is 0 Å². The van der Waals surface area contributed by atoms with Gasteiger partial charge in [0.25, 0.3) is 0 Å². The minimum atomic E-state index is -0.364. The Kier molecular flexibility index (Phi) is 24.7. The van der Waals surface area contributed by atoms with E-state index in [1.54, 1.807) is 6.92 Å². The smallest absolute Gasteiger partial charge is 0.306 e. The van der Waals surface area contributed by atoms with Crippen LogP contribution < -0.4 is 0 Å². The van der Waals surface area contributed by atoms with Gasteiger partial charge in [-0.2, -0.15) is 0 Å². The maximum atomic E-state index is 11.9. The Balaban J connectivity index is 3.45. The molecule has 0 aliphatic rings. The van der Waals surface area contributed by atoms with E-state index in [0.717, 1.165) is 25.7 Å². The summed E-state index contributed by atoms with van der Waals surface area (Å²) in [4.78, 5) is 23.8. The van der Waals surface area contributed by atoms with Gasteiger partial charge in [0.2, 0.25) is 0 Å². The summed E-state index contributed by atoms with van der Waals surface area (Å²) in [6.45, 7) is 6.46. The van der Waals surface area contributed by atoms with E-state index in [1.165, 1.54) is 103 Å². The highest BCUT2D eigenvalue weighted by atomic mass is 16.6. The van der Waals surface area contributed by atoms with Gasteiger partial charge in [-0.3, -0.25) is 9.59 Å². The number of esters is 2. The Morgan fingerprint density at radius 3 is 1.24 bits per heavy atom. The molecule has 1 unspecified atom stereocenters. The van der Waals surface area contributed by atoms with Crippen LogP contribution in [-0.4, -0.2) is 24.6 Å². The molecule has 0 aliphatic heterocycles. The fourth-order valence-corrected chi connectivity index (χ4v) is 4.11. The summed E-state index contributed by atoms with van der Waals surface area (Å²) in [6.07, 6.45) is 25.6. The maximum Gasteiger partial charge on any atom is 0.306 e. The summed E-state index contributed by atoms with van der Waals surface area (Å²) in [7, 11) is 0. The number of carbonyl (C=O) groups excluding carboxylic acids is 2. The molecule has 0 radical (unpaired) electrons. The van der Waals surface area contributed by atoms with Crippen molar-refractivity contribution in [3.05, 3.63) is 0 Å². The minimum absolute atomic E-state index is 0.167. The topological polar surface area (TPSA) is 52.6 Å². The fraction of sp³-hybridized carbons (Fsp3) is 0.931. The number of unbranched alkanes of at least 4 members (excludes halogenated alkanes) is 18. The molecule has 4 nitrogen and oxygen atoms in total. The van der Waals surface area contributed by atoms with Gasteiger partial charge in [-0.05, 0) is 19.8 Å². The van der Waals surface area contributed by atoms with Gasteiger partial charge in [0.05, 0.1) is 0 Å². The molecular formula is C29H56O4. The number of rotatable bonds is 25. The first-order valence-corrected chi connectivity index (χ1v) is 14.4. The van der Waals surface area contributed by atoms with Crippen LogP contribution in [0.4, 0.5) is 0 Å². The lowest BCUT2D eigenvalue weighted by Gasteiger charge is -2.13. The monoisotopic (exact) mass is 468 g/mol. The molecule has 0 N–H and O–H groups in total. The molecule has 0 fully saturated rings. The van der Waals surface area contributed by atoms with Crippen molar-refractivity contribution in [3.8, 4) is 0 Å². The van der Waals surface area contributed by atoms with Gasteiger partial charge in [0, 0.05) is 12.8 Å². The lowest BCUT2D eigenvalue weighted by atomic mass is 10.1. The van der Waals surface area contributed by atoms with E-state index in [1.807, 2.05) is 0 Å². The van der Waals surface area contributed by atoms with E-state index in [9.17, 15) is 9.59 Å². The molecule has 0 aliphatic carbocycles. The first kappa shape index (κ1) is 31.9. The third kappa shape index (κ3) is 25.4. The van der Waals surface area contributed by atoms with E-state index >= 15 is 0 Å². The fourth-order valence-electron chi connectivity index (χ4n) is 4.11. The molecule has 196 valence electrons. The first-order chi connectivity index (χ1) is 16.1. The van der Waals surface area contributed by atoms with Gasteiger partial charge in [-0.15, -0.1) is 0 Å². The Labute approximate surface area is 206 Å². The summed E-state index contributed by atoms with van der Waals surface area (Å²) in [6, 6.07) is 0. The highest BCUT2D eigenvalue weighted by Gasteiger charge is 2.12. The molecular weight excluding hydrogens is 412 g/mol. The third-order valence-electron chi connectivity index (χ3n) is 6.28. The van der Waals surface area contributed by atoms with Crippen LogP contribution in [0, 0.1) is 0 Å². The van der Waals surface area contributed by atoms with Gasteiger partial charge < -0.3 is 9.47 Å². The summed E-state index contributed by atoms with van der Waals surface area (Å²) in [5.41, 5.74) is 0. The molecule has 1 atom stereocenters. The second-order valence-electron chi connectivity index (χ2n) is 9.85. The Bertz CT molecular complexity index is 435. The van der Waals surface area contributed by atoms with E-state index in [2.05, 4.69) is 13.8 Å². The molecule has 0 aromatic carbocycles. The van der Waals surface area contributed by atoms with Crippen molar-refractivity contribution in [2.45, 2.75) is 168 Å². The largest absolute Gasteiger partial charge is 0.462 e. The zero-order chi connectivity index (χ0) is 24.4. The van der Waals surface area contributed by atoms with E-state index in [0.29, 0.717) is 12.8 Å². The van der Waals surface area contributed by atoms with Crippen LogP contribution in [0.25, 0.3) is 0 Å². The maximum absolute atomic E-state index is 11.9. The van der Waals surface area contributed by atoms with Crippen molar-refractivity contribution < 1.29 is 19.1 Å². The summed E-state index contributed by atoms with van der Waals surface area (Å²) >= 11 is 0. The van der Waals surface area contributed by atoms with Crippen LogP contribution in [-0.2, 0) is 19.1 Å². The van der Waals surface area contributed by atoms with Crippen molar-refractivity contribution in [1.29, 1.82) is 0 Å². The SMILES string of the molecule is CCCCCCCCCCCCC(=O)OCC(C)OC(=O)CCCCCCCCCCCC. The first-order valence-electron chi connectivity index (χ1n) is 14.4. The lowest BCUT2D eigenvalue weighted by Crippen LogP contribution is -2.22.